The lowest BCUT2D eigenvalue weighted by Crippen LogP contribution is -2.45. The van der Waals surface area contributed by atoms with Gasteiger partial charge in [0.2, 0.25) is 0 Å². The molecule has 0 radical (unpaired) electrons. The first-order chi connectivity index (χ1) is 16.4. The molecule has 34 heavy (non-hydrogen) atoms. The molecule has 9 nitrogen and oxygen atoms in total. The van der Waals surface area contributed by atoms with Crippen LogP contribution in [0.1, 0.15) is 18.9 Å². The van der Waals surface area contributed by atoms with Crippen molar-refractivity contribution in [3.8, 4) is 11.5 Å². The van der Waals surface area contributed by atoms with Crippen LogP contribution in [0.3, 0.4) is 0 Å². The third-order valence-electron chi connectivity index (χ3n) is 6.51. The van der Waals surface area contributed by atoms with Gasteiger partial charge in [-0.1, -0.05) is 11.6 Å². The standard InChI is InChI=1S/C24H24ClN5O4/c1-28-19-5-4-14(25)10-17(19)23(31)30(24(28)32)15-6-8-29(9-7-15)22-16-11-20(33-2)21(34-3)12-18(16)26-13-27-22/h4-5,10-13,15H,6-9H2,1-3H3. The number of halogens is 1. The molecule has 1 aliphatic heterocycles. The molecule has 5 rings (SSSR count). The second kappa shape index (κ2) is 8.64. The minimum atomic E-state index is -0.317. The molecule has 0 aliphatic carbocycles. The highest BCUT2D eigenvalue weighted by atomic mass is 35.5. The number of hydrogen-bond acceptors (Lipinski definition) is 7. The number of anilines is 1. The van der Waals surface area contributed by atoms with Crippen molar-refractivity contribution in [1.82, 2.24) is 19.1 Å². The summed E-state index contributed by atoms with van der Waals surface area (Å²) in [5, 5.41) is 1.76. The van der Waals surface area contributed by atoms with Crippen molar-refractivity contribution in [3.05, 3.63) is 62.5 Å². The third kappa shape index (κ3) is 3.56. The quantitative estimate of drug-likeness (QED) is 0.442. The zero-order chi connectivity index (χ0) is 24.0. The molecule has 0 spiro atoms. The Morgan fingerprint density at radius 3 is 2.38 bits per heavy atom. The number of methoxy groups -OCH3 is 2. The van der Waals surface area contributed by atoms with Gasteiger partial charge in [-0.15, -0.1) is 0 Å². The predicted octanol–water partition coefficient (Wildman–Crippen LogP) is 3.16. The lowest BCUT2D eigenvalue weighted by Gasteiger charge is -2.34. The summed E-state index contributed by atoms with van der Waals surface area (Å²) in [6, 6.07) is 8.50. The largest absolute Gasteiger partial charge is 0.493 e. The van der Waals surface area contributed by atoms with Crippen LogP contribution in [0.15, 0.2) is 46.2 Å². The van der Waals surface area contributed by atoms with E-state index in [1.54, 1.807) is 39.5 Å². The Bertz CT molecular complexity index is 1520. The normalized spacial score (nSPS) is 14.6. The summed E-state index contributed by atoms with van der Waals surface area (Å²) in [7, 11) is 4.86. The van der Waals surface area contributed by atoms with E-state index in [0.29, 0.717) is 53.4 Å². The lowest BCUT2D eigenvalue weighted by molar-refractivity contribution is 0.355. The molecule has 0 N–H and O–H groups in total. The number of rotatable bonds is 4. The van der Waals surface area contributed by atoms with Gasteiger partial charge in [-0.2, -0.15) is 0 Å². The first kappa shape index (κ1) is 22.2. The maximum Gasteiger partial charge on any atom is 0.331 e. The van der Waals surface area contributed by atoms with Crippen LogP contribution in [0.4, 0.5) is 5.82 Å². The van der Waals surface area contributed by atoms with Crippen LogP contribution in [0.2, 0.25) is 5.02 Å². The van der Waals surface area contributed by atoms with Gasteiger partial charge in [-0.05, 0) is 37.1 Å². The van der Waals surface area contributed by atoms with Crippen LogP contribution < -0.4 is 25.6 Å². The molecule has 1 aliphatic rings. The molecule has 0 atom stereocenters. The first-order valence-electron chi connectivity index (χ1n) is 11.0. The number of nitrogens with zero attached hydrogens (tertiary/aromatic N) is 5. The molecule has 10 heteroatoms. The number of ether oxygens (including phenoxy) is 2. The van der Waals surface area contributed by atoms with Gasteiger partial charge in [0.25, 0.3) is 5.56 Å². The molecular weight excluding hydrogens is 458 g/mol. The van der Waals surface area contributed by atoms with E-state index in [0.717, 1.165) is 16.7 Å². The van der Waals surface area contributed by atoms with Crippen molar-refractivity contribution in [2.75, 3.05) is 32.2 Å². The van der Waals surface area contributed by atoms with Crippen LogP contribution >= 0.6 is 11.6 Å². The molecule has 176 valence electrons. The van der Waals surface area contributed by atoms with Gasteiger partial charge in [-0.25, -0.2) is 14.8 Å². The molecule has 2 aromatic heterocycles. The maximum absolute atomic E-state index is 13.2. The average Bonchev–Trinajstić information content (AvgIpc) is 2.86. The number of benzene rings is 2. The molecule has 1 fully saturated rings. The lowest BCUT2D eigenvalue weighted by atomic mass is 10.0. The number of aromatic nitrogens is 4. The van der Waals surface area contributed by atoms with Crippen molar-refractivity contribution in [3.63, 3.8) is 0 Å². The summed E-state index contributed by atoms with van der Waals surface area (Å²) >= 11 is 6.13. The molecule has 4 aromatic rings. The van der Waals surface area contributed by atoms with Gasteiger partial charge in [0.15, 0.2) is 11.5 Å². The maximum atomic E-state index is 13.2. The predicted molar refractivity (Wildman–Crippen MR) is 132 cm³/mol. The van der Waals surface area contributed by atoms with Crippen LogP contribution in [0.25, 0.3) is 21.8 Å². The van der Waals surface area contributed by atoms with E-state index in [2.05, 4.69) is 14.9 Å². The summed E-state index contributed by atoms with van der Waals surface area (Å²) < 4.78 is 13.7. The summed E-state index contributed by atoms with van der Waals surface area (Å²) in [5.41, 5.74) is 0.706. The SMILES string of the molecule is COc1cc2ncnc(N3CCC(n4c(=O)c5cc(Cl)ccc5n(C)c4=O)CC3)c2cc1OC. The zero-order valence-electron chi connectivity index (χ0n) is 19.1. The summed E-state index contributed by atoms with van der Waals surface area (Å²) in [5.74, 6) is 1.99. The van der Waals surface area contributed by atoms with Crippen LogP contribution in [0.5, 0.6) is 11.5 Å². The second-order valence-corrected chi connectivity index (χ2v) is 8.75. The van der Waals surface area contributed by atoms with Crippen molar-refractivity contribution in [1.29, 1.82) is 0 Å². The van der Waals surface area contributed by atoms with E-state index in [-0.39, 0.29) is 17.3 Å². The van der Waals surface area contributed by atoms with Gasteiger partial charge in [0, 0.05) is 42.7 Å². The van der Waals surface area contributed by atoms with E-state index in [1.165, 1.54) is 15.5 Å². The Balaban J connectivity index is 1.48. The minimum Gasteiger partial charge on any atom is -0.493 e. The Hall–Kier alpha value is -3.59. The van der Waals surface area contributed by atoms with Gasteiger partial charge in [0.1, 0.15) is 12.1 Å². The van der Waals surface area contributed by atoms with Gasteiger partial charge >= 0.3 is 5.69 Å². The fourth-order valence-electron chi connectivity index (χ4n) is 4.73. The van der Waals surface area contributed by atoms with Crippen LogP contribution in [0, 0.1) is 0 Å². The summed E-state index contributed by atoms with van der Waals surface area (Å²) in [6.45, 7) is 1.27. The fraction of sp³-hybridized carbons (Fsp3) is 0.333. The molecule has 3 heterocycles. The van der Waals surface area contributed by atoms with E-state index < -0.39 is 0 Å². The highest BCUT2D eigenvalue weighted by molar-refractivity contribution is 6.31. The molecule has 0 unspecified atom stereocenters. The summed E-state index contributed by atoms with van der Waals surface area (Å²) in [4.78, 5) is 37.4. The Kier molecular flexibility index (Phi) is 5.65. The third-order valence-corrected chi connectivity index (χ3v) is 6.75. The fourth-order valence-corrected chi connectivity index (χ4v) is 4.90. The van der Waals surface area contributed by atoms with Crippen molar-refractivity contribution in [2.45, 2.75) is 18.9 Å². The summed E-state index contributed by atoms with van der Waals surface area (Å²) in [6.07, 6.45) is 2.78. The molecule has 0 amide bonds. The topological polar surface area (TPSA) is 91.5 Å². The highest BCUT2D eigenvalue weighted by Crippen LogP contribution is 2.36. The van der Waals surface area contributed by atoms with Crippen LogP contribution in [-0.4, -0.2) is 46.4 Å². The molecule has 0 bridgehead atoms. The van der Waals surface area contributed by atoms with Crippen LogP contribution in [-0.2, 0) is 7.05 Å². The zero-order valence-corrected chi connectivity index (χ0v) is 19.9. The van der Waals surface area contributed by atoms with Gasteiger partial charge < -0.3 is 14.4 Å². The van der Waals surface area contributed by atoms with E-state index in [1.807, 2.05) is 12.1 Å². The Morgan fingerprint density at radius 2 is 1.68 bits per heavy atom. The van der Waals surface area contributed by atoms with E-state index >= 15 is 0 Å². The number of aryl methyl sites for hydroxylation is 1. The average molecular weight is 482 g/mol. The van der Waals surface area contributed by atoms with Crippen molar-refractivity contribution >= 4 is 39.2 Å². The second-order valence-electron chi connectivity index (χ2n) is 8.32. The molecule has 0 saturated carbocycles. The minimum absolute atomic E-state index is 0.214. The van der Waals surface area contributed by atoms with E-state index in [4.69, 9.17) is 21.1 Å². The van der Waals surface area contributed by atoms with E-state index in [9.17, 15) is 9.59 Å². The smallest absolute Gasteiger partial charge is 0.331 e. The Morgan fingerprint density at radius 1 is 0.971 bits per heavy atom. The molecule has 2 aromatic carbocycles. The van der Waals surface area contributed by atoms with Gasteiger partial charge in [-0.3, -0.25) is 13.9 Å². The number of hydrogen-bond donors (Lipinski definition) is 0. The van der Waals surface area contributed by atoms with Crippen molar-refractivity contribution in [2.24, 2.45) is 7.05 Å². The van der Waals surface area contributed by atoms with Crippen molar-refractivity contribution < 1.29 is 9.47 Å². The number of fused-ring (bicyclic) bond motifs is 2. The monoisotopic (exact) mass is 481 g/mol. The van der Waals surface area contributed by atoms with Gasteiger partial charge in [0.05, 0.1) is 30.6 Å². The molecule has 1 saturated heterocycles. The Labute approximate surface area is 200 Å². The first-order valence-corrected chi connectivity index (χ1v) is 11.3. The highest BCUT2D eigenvalue weighted by Gasteiger charge is 2.26. The molecular formula is C24H24ClN5O4. The number of piperidine rings is 1.